The minimum absolute atomic E-state index is 0.0189. The van der Waals surface area contributed by atoms with E-state index in [0.29, 0.717) is 5.69 Å². The van der Waals surface area contributed by atoms with Crippen molar-refractivity contribution in [3.05, 3.63) is 48.3 Å². The zero-order chi connectivity index (χ0) is 14.6. The Morgan fingerprint density at radius 2 is 1.90 bits per heavy atom. The predicted molar refractivity (Wildman–Crippen MR) is 78.0 cm³/mol. The number of hydrogen-bond acceptors (Lipinski definition) is 5. The van der Waals surface area contributed by atoms with Crippen LogP contribution in [0.3, 0.4) is 0 Å². The van der Waals surface area contributed by atoms with Crippen LogP contribution in [-0.2, 0) is 10.0 Å². The SMILES string of the molecule is CSc1ccc(NS(=O)(=O)c2ccc(C#N)nc2)cc1. The minimum Gasteiger partial charge on any atom is -0.280 e. The van der Waals surface area contributed by atoms with Crippen molar-refractivity contribution in [1.82, 2.24) is 4.98 Å². The Morgan fingerprint density at radius 1 is 1.20 bits per heavy atom. The van der Waals surface area contributed by atoms with Gasteiger partial charge in [0, 0.05) is 16.8 Å². The largest absolute Gasteiger partial charge is 0.280 e. The van der Waals surface area contributed by atoms with Gasteiger partial charge in [0.05, 0.1) is 0 Å². The smallest absolute Gasteiger partial charge is 0.263 e. The summed E-state index contributed by atoms with van der Waals surface area (Å²) in [6.45, 7) is 0. The van der Waals surface area contributed by atoms with Gasteiger partial charge in [-0.1, -0.05) is 0 Å². The number of nitriles is 1. The lowest BCUT2D eigenvalue weighted by Gasteiger charge is -2.08. The first kappa shape index (κ1) is 14.4. The fourth-order valence-electron chi connectivity index (χ4n) is 1.48. The van der Waals surface area contributed by atoms with E-state index >= 15 is 0 Å². The Bertz CT molecular complexity index is 733. The summed E-state index contributed by atoms with van der Waals surface area (Å²) >= 11 is 1.58. The monoisotopic (exact) mass is 305 g/mol. The summed E-state index contributed by atoms with van der Waals surface area (Å²) in [6.07, 6.45) is 3.11. The van der Waals surface area contributed by atoms with Crippen LogP contribution in [0.25, 0.3) is 0 Å². The van der Waals surface area contributed by atoms with Crippen LogP contribution in [-0.4, -0.2) is 19.7 Å². The zero-order valence-electron chi connectivity index (χ0n) is 10.6. The molecule has 102 valence electrons. The van der Waals surface area contributed by atoms with Crippen LogP contribution in [0.15, 0.2) is 52.4 Å². The maximum absolute atomic E-state index is 12.1. The molecule has 20 heavy (non-hydrogen) atoms. The third-order valence-electron chi connectivity index (χ3n) is 2.50. The van der Waals surface area contributed by atoms with E-state index in [2.05, 4.69) is 9.71 Å². The molecule has 0 aliphatic rings. The van der Waals surface area contributed by atoms with Gasteiger partial charge in [0.1, 0.15) is 16.7 Å². The van der Waals surface area contributed by atoms with Gasteiger partial charge in [-0.05, 0) is 42.7 Å². The number of sulfonamides is 1. The lowest BCUT2D eigenvalue weighted by Crippen LogP contribution is -2.13. The van der Waals surface area contributed by atoms with Crippen LogP contribution in [0, 0.1) is 11.3 Å². The van der Waals surface area contributed by atoms with Gasteiger partial charge in [-0.15, -0.1) is 11.8 Å². The van der Waals surface area contributed by atoms with Crippen LogP contribution in [0.5, 0.6) is 0 Å². The number of nitrogens with one attached hydrogen (secondary N) is 1. The normalized spacial score (nSPS) is 10.8. The molecule has 0 aliphatic heterocycles. The van der Waals surface area contributed by atoms with Gasteiger partial charge in [-0.25, -0.2) is 13.4 Å². The maximum Gasteiger partial charge on any atom is 0.263 e. The molecule has 0 fully saturated rings. The number of benzene rings is 1. The van der Waals surface area contributed by atoms with Crippen molar-refractivity contribution >= 4 is 27.5 Å². The first-order valence-corrected chi connectivity index (χ1v) is 8.29. The molecule has 0 unspecified atom stereocenters. The molecule has 0 bridgehead atoms. The molecule has 0 spiro atoms. The summed E-state index contributed by atoms with van der Waals surface area (Å²) in [5, 5.41) is 8.64. The van der Waals surface area contributed by atoms with E-state index in [9.17, 15) is 8.42 Å². The average molecular weight is 305 g/mol. The van der Waals surface area contributed by atoms with Gasteiger partial charge in [0.15, 0.2) is 0 Å². The average Bonchev–Trinajstić information content (AvgIpc) is 2.48. The van der Waals surface area contributed by atoms with E-state index in [4.69, 9.17) is 5.26 Å². The highest BCUT2D eigenvalue weighted by molar-refractivity contribution is 7.98. The van der Waals surface area contributed by atoms with Gasteiger partial charge in [-0.3, -0.25) is 4.72 Å². The summed E-state index contributed by atoms with van der Waals surface area (Å²) < 4.78 is 26.7. The fourth-order valence-corrected chi connectivity index (χ4v) is 2.89. The third-order valence-corrected chi connectivity index (χ3v) is 4.61. The van der Waals surface area contributed by atoms with Crippen LogP contribution in [0.2, 0.25) is 0 Å². The molecule has 2 rings (SSSR count). The summed E-state index contributed by atoms with van der Waals surface area (Å²) in [7, 11) is -3.69. The second-order valence-electron chi connectivity index (χ2n) is 3.82. The standard InChI is InChI=1S/C13H11N3O2S2/c1-19-12-5-2-10(3-6-12)16-20(17,18)13-7-4-11(8-14)15-9-13/h2-7,9,16H,1H3. The molecule has 0 atom stereocenters. The van der Waals surface area contributed by atoms with Crippen molar-refractivity contribution in [1.29, 1.82) is 5.26 Å². The van der Waals surface area contributed by atoms with Gasteiger partial charge in [0.2, 0.25) is 0 Å². The molecule has 0 radical (unpaired) electrons. The molecule has 1 aromatic heterocycles. The molecule has 0 amide bonds. The number of hydrogen-bond donors (Lipinski definition) is 1. The Balaban J connectivity index is 2.23. The van der Waals surface area contributed by atoms with Crippen molar-refractivity contribution in [2.24, 2.45) is 0 Å². The maximum atomic E-state index is 12.1. The van der Waals surface area contributed by atoms with Crippen molar-refractivity contribution in [2.45, 2.75) is 9.79 Å². The summed E-state index contributed by atoms with van der Waals surface area (Å²) in [5.41, 5.74) is 0.653. The topological polar surface area (TPSA) is 82.9 Å². The Morgan fingerprint density at radius 3 is 2.40 bits per heavy atom. The van der Waals surface area contributed by atoms with Crippen molar-refractivity contribution in [3.8, 4) is 6.07 Å². The zero-order valence-corrected chi connectivity index (χ0v) is 12.2. The Hall–Kier alpha value is -2.04. The first-order valence-electron chi connectivity index (χ1n) is 5.58. The summed E-state index contributed by atoms with van der Waals surface area (Å²) in [4.78, 5) is 4.82. The second-order valence-corrected chi connectivity index (χ2v) is 6.39. The number of nitrogens with zero attached hydrogens (tertiary/aromatic N) is 2. The number of anilines is 1. The Kier molecular flexibility index (Phi) is 4.27. The summed E-state index contributed by atoms with van der Waals surface area (Å²) in [5.74, 6) is 0. The van der Waals surface area contributed by atoms with E-state index in [0.717, 1.165) is 11.1 Å². The van der Waals surface area contributed by atoms with E-state index in [1.165, 1.54) is 12.1 Å². The van der Waals surface area contributed by atoms with Gasteiger partial charge < -0.3 is 0 Å². The molecule has 2 aromatic rings. The highest BCUT2D eigenvalue weighted by Gasteiger charge is 2.14. The number of aromatic nitrogens is 1. The molecule has 5 nitrogen and oxygen atoms in total. The van der Waals surface area contributed by atoms with E-state index < -0.39 is 10.0 Å². The number of rotatable bonds is 4. The molecular formula is C13H11N3O2S2. The van der Waals surface area contributed by atoms with Gasteiger partial charge in [-0.2, -0.15) is 5.26 Å². The van der Waals surface area contributed by atoms with Crippen molar-refractivity contribution in [2.75, 3.05) is 11.0 Å². The molecule has 1 heterocycles. The predicted octanol–water partition coefficient (Wildman–Crippen LogP) is 2.48. The van der Waals surface area contributed by atoms with E-state index in [1.54, 1.807) is 23.9 Å². The lowest BCUT2D eigenvalue weighted by molar-refractivity contribution is 0.601. The van der Waals surface area contributed by atoms with Crippen molar-refractivity contribution < 1.29 is 8.42 Å². The highest BCUT2D eigenvalue weighted by Crippen LogP contribution is 2.20. The van der Waals surface area contributed by atoms with Gasteiger partial charge in [0.25, 0.3) is 10.0 Å². The van der Waals surface area contributed by atoms with Crippen molar-refractivity contribution in [3.63, 3.8) is 0 Å². The first-order chi connectivity index (χ1) is 9.55. The molecule has 7 heteroatoms. The van der Waals surface area contributed by atoms with Crippen LogP contribution < -0.4 is 4.72 Å². The molecule has 1 aromatic carbocycles. The summed E-state index contributed by atoms with van der Waals surface area (Å²) in [6, 6.07) is 11.6. The van der Waals surface area contributed by atoms with Crippen LogP contribution >= 0.6 is 11.8 Å². The fraction of sp³-hybridized carbons (Fsp3) is 0.0769. The molecule has 1 N–H and O–H groups in total. The van der Waals surface area contributed by atoms with E-state index in [1.807, 2.05) is 24.5 Å². The second kappa shape index (κ2) is 5.94. The highest BCUT2D eigenvalue weighted by atomic mass is 32.2. The van der Waals surface area contributed by atoms with Crippen LogP contribution in [0.1, 0.15) is 5.69 Å². The third kappa shape index (κ3) is 3.29. The Labute approximate surface area is 121 Å². The molecule has 0 saturated carbocycles. The molecular weight excluding hydrogens is 294 g/mol. The minimum atomic E-state index is -3.69. The molecule has 0 saturated heterocycles. The van der Waals surface area contributed by atoms with Crippen LogP contribution in [0.4, 0.5) is 5.69 Å². The molecule has 0 aliphatic carbocycles. The van der Waals surface area contributed by atoms with Gasteiger partial charge >= 0.3 is 0 Å². The number of pyridine rings is 1. The number of thioether (sulfide) groups is 1. The quantitative estimate of drug-likeness (QED) is 0.877. The van der Waals surface area contributed by atoms with E-state index in [-0.39, 0.29) is 10.6 Å². The lowest BCUT2D eigenvalue weighted by atomic mass is 10.3.